The second kappa shape index (κ2) is 7.02. The molecular formula is C15H20N2O6S2. The van der Waals surface area contributed by atoms with Crippen LogP contribution in [0.1, 0.15) is 24.1 Å². The zero-order valence-corrected chi connectivity index (χ0v) is 15.2. The van der Waals surface area contributed by atoms with E-state index in [1.54, 1.807) is 6.07 Å². The number of carboxylic acids is 1. The number of thiophene rings is 1. The number of sulfonamides is 1. The highest BCUT2D eigenvalue weighted by atomic mass is 32.2. The van der Waals surface area contributed by atoms with Gasteiger partial charge in [0.2, 0.25) is 5.91 Å². The number of aliphatic carboxylic acids is 1. The zero-order chi connectivity index (χ0) is 18.1. The van der Waals surface area contributed by atoms with Crippen LogP contribution in [0.3, 0.4) is 0 Å². The summed E-state index contributed by atoms with van der Waals surface area (Å²) in [7, 11) is -3.50. The number of amides is 1. The standard InChI is InChI=1S/C15H20N2O6S2/c18-12(16-15(14(19)20)5-8-23-10-15)9-11-3-4-13(24-11)25(21,22)17-6-1-2-7-17/h3-4H,1-2,5-10H2,(H,16,18)(H,19,20). The van der Waals surface area contributed by atoms with Gasteiger partial charge in [0.05, 0.1) is 13.0 Å². The molecule has 0 saturated carbocycles. The summed E-state index contributed by atoms with van der Waals surface area (Å²) in [5.74, 6) is -1.58. The van der Waals surface area contributed by atoms with Gasteiger partial charge in [-0.15, -0.1) is 11.3 Å². The summed E-state index contributed by atoms with van der Waals surface area (Å²) in [6.45, 7) is 1.27. The van der Waals surface area contributed by atoms with Crippen molar-refractivity contribution < 1.29 is 27.9 Å². The lowest BCUT2D eigenvalue weighted by Gasteiger charge is -2.23. The number of ether oxygens (including phenoxy) is 1. The van der Waals surface area contributed by atoms with Gasteiger partial charge >= 0.3 is 5.97 Å². The first-order valence-corrected chi connectivity index (χ1v) is 10.3. The van der Waals surface area contributed by atoms with Gasteiger partial charge in [-0.1, -0.05) is 0 Å². The second-order valence-corrected chi connectivity index (χ2v) is 9.58. The van der Waals surface area contributed by atoms with Gasteiger partial charge in [0, 0.05) is 31.0 Å². The SMILES string of the molecule is O=C(Cc1ccc(S(=O)(=O)N2CCCC2)s1)NC1(C(=O)O)CCOC1. The summed E-state index contributed by atoms with van der Waals surface area (Å²) in [6, 6.07) is 3.11. The van der Waals surface area contributed by atoms with Crippen LogP contribution in [-0.2, 0) is 30.8 Å². The first-order chi connectivity index (χ1) is 11.8. The molecule has 2 fully saturated rings. The predicted octanol–water partition coefficient (Wildman–Crippen LogP) is 0.435. The Hall–Kier alpha value is -1.49. The van der Waals surface area contributed by atoms with Crippen LogP contribution in [0.5, 0.6) is 0 Å². The molecule has 1 unspecified atom stereocenters. The molecular weight excluding hydrogens is 368 g/mol. The summed E-state index contributed by atoms with van der Waals surface area (Å²) in [6.07, 6.45) is 1.88. The molecule has 25 heavy (non-hydrogen) atoms. The molecule has 0 radical (unpaired) electrons. The smallest absolute Gasteiger partial charge is 0.331 e. The van der Waals surface area contributed by atoms with Crippen LogP contribution in [-0.4, -0.2) is 61.5 Å². The van der Waals surface area contributed by atoms with Crippen molar-refractivity contribution in [1.82, 2.24) is 9.62 Å². The quantitative estimate of drug-likeness (QED) is 0.731. The molecule has 3 rings (SSSR count). The van der Waals surface area contributed by atoms with E-state index in [2.05, 4.69) is 5.32 Å². The monoisotopic (exact) mass is 388 g/mol. The largest absolute Gasteiger partial charge is 0.479 e. The molecule has 2 aliphatic rings. The molecule has 0 bridgehead atoms. The van der Waals surface area contributed by atoms with Crippen LogP contribution in [0.25, 0.3) is 0 Å². The molecule has 2 saturated heterocycles. The Morgan fingerprint density at radius 1 is 1.32 bits per heavy atom. The van der Waals surface area contributed by atoms with Crippen molar-refractivity contribution in [2.75, 3.05) is 26.3 Å². The highest BCUT2D eigenvalue weighted by molar-refractivity contribution is 7.91. The highest BCUT2D eigenvalue weighted by Gasteiger charge is 2.43. The number of rotatable bonds is 6. The summed E-state index contributed by atoms with van der Waals surface area (Å²) < 4.78 is 31.8. The number of hydrogen-bond donors (Lipinski definition) is 2. The molecule has 10 heteroatoms. The van der Waals surface area contributed by atoms with E-state index in [9.17, 15) is 23.1 Å². The van der Waals surface area contributed by atoms with E-state index >= 15 is 0 Å². The van der Waals surface area contributed by atoms with E-state index in [4.69, 9.17) is 4.74 Å². The third kappa shape index (κ3) is 3.71. The fraction of sp³-hybridized carbons (Fsp3) is 0.600. The van der Waals surface area contributed by atoms with Crippen LogP contribution in [0.2, 0.25) is 0 Å². The maximum absolute atomic E-state index is 12.5. The second-order valence-electron chi connectivity index (χ2n) is 6.25. The van der Waals surface area contributed by atoms with Crippen molar-refractivity contribution in [3.05, 3.63) is 17.0 Å². The average molecular weight is 388 g/mol. The number of hydrogen-bond acceptors (Lipinski definition) is 6. The lowest BCUT2D eigenvalue weighted by atomic mass is 9.99. The van der Waals surface area contributed by atoms with Crippen LogP contribution in [0.15, 0.2) is 16.3 Å². The van der Waals surface area contributed by atoms with Crippen molar-refractivity contribution in [3.8, 4) is 0 Å². The van der Waals surface area contributed by atoms with E-state index in [-0.39, 0.29) is 30.3 Å². The minimum absolute atomic E-state index is 0.0603. The number of carbonyl (C=O) groups is 2. The maximum atomic E-state index is 12.5. The van der Waals surface area contributed by atoms with Gasteiger partial charge in [-0.3, -0.25) is 4.79 Å². The zero-order valence-electron chi connectivity index (χ0n) is 13.6. The predicted molar refractivity (Wildman–Crippen MR) is 90.0 cm³/mol. The van der Waals surface area contributed by atoms with E-state index in [0.717, 1.165) is 24.2 Å². The fourth-order valence-electron chi connectivity index (χ4n) is 3.00. The van der Waals surface area contributed by atoms with Crippen LogP contribution in [0.4, 0.5) is 0 Å². The Labute approximate surface area is 149 Å². The van der Waals surface area contributed by atoms with Crippen LogP contribution < -0.4 is 5.32 Å². The highest BCUT2D eigenvalue weighted by Crippen LogP contribution is 2.28. The molecule has 0 aromatic carbocycles. The minimum atomic E-state index is -3.50. The van der Waals surface area contributed by atoms with Gasteiger partial charge in [-0.05, 0) is 25.0 Å². The van der Waals surface area contributed by atoms with Crippen molar-refractivity contribution in [2.24, 2.45) is 0 Å². The Bertz CT molecular complexity index is 761. The number of nitrogens with one attached hydrogen (secondary N) is 1. The summed E-state index contributed by atoms with van der Waals surface area (Å²) in [4.78, 5) is 24.2. The molecule has 1 aromatic heterocycles. The molecule has 0 spiro atoms. The van der Waals surface area contributed by atoms with E-state index in [1.165, 1.54) is 10.4 Å². The van der Waals surface area contributed by atoms with Gasteiger partial charge in [-0.2, -0.15) is 4.31 Å². The number of carbonyl (C=O) groups excluding carboxylic acids is 1. The minimum Gasteiger partial charge on any atom is -0.479 e. The first-order valence-electron chi connectivity index (χ1n) is 8.04. The van der Waals surface area contributed by atoms with Crippen molar-refractivity contribution in [3.63, 3.8) is 0 Å². The summed E-state index contributed by atoms with van der Waals surface area (Å²) >= 11 is 1.05. The third-order valence-corrected chi connectivity index (χ3v) is 7.89. The van der Waals surface area contributed by atoms with Gasteiger partial charge in [0.1, 0.15) is 4.21 Å². The van der Waals surface area contributed by atoms with Gasteiger partial charge < -0.3 is 15.2 Å². The Kier molecular flexibility index (Phi) is 5.14. The van der Waals surface area contributed by atoms with Crippen molar-refractivity contribution in [2.45, 2.75) is 35.4 Å². The fourth-order valence-corrected chi connectivity index (χ4v) is 6.03. The third-order valence-electron chi connectivity index (χ3n) is 4.44. The topological polar surface area (TPSA) is 113 Å². The van der Waals surface area contributed by atoms with Crippen molar-refractivity contribution >= 4 is 33.2 Å². The Morgan fingerprint density at radius 2 is 2.04 bits per heavy atom. The van der Waals surface area contributed by atoms with Crippen LogP contribution in [0, 0.1) is 0 Å². The molecule has 8 nitrogen and oxygen atoms in total. The first kappa shape index (κ1) is 18.3. The molecule has 2 aliphatic heterocycles. The van der Waals surface area contributed by atoms with Crippen molar-refractivity contribution in [1.29, 1.82) is 0 Å². The average Bonchev–Trinajstić information content (AvgIpc) is 3.29. The molecule has 1 amide bonds. The van der Waals surface area contributed by atoms with Gasteiger partial charge in [0.15, 0.2) is 5.54 Å². The summed E-state index contributed by atoms with van der Waals surface area (Å²) in [5, 5.41) is 11.9. The molecule has 3 heterocycles. The Balaban J connectivity index is 1.67. The molecule has 1 aromatic rings. The lowest BCUT2D eigenvalue weighted by Crippen LogP contribution is -2.55. The number of carboxylic acid groups (broad SMARTS) is 1. The van der Waals surface area contributed by atoms with Gasteiger partial charge in [0.25, 0.3) is 10.0 Å². The summed E-state index contributed by atoms with van der Waals surface area (Å²) in [5.41, 5.74) is -1.39. The molecule has 2 N–H and O–H groups in total. The lowest BCUT2D eigenvalue weighted by molar-refractivity contribution is -0.147. The molecule has 0 aliphatic carbocycles. The Morgan fingerprint density at radius 3 is 2.64 bits per heavy atom. The number of nitrogens with zero attached hydrogens (tertiary/aromatic N) is 1. The molecule has 138 valence electrons. The van der Waals surface area contributed by atoms with E-state index < -0.39 is 27.4 Å². The normalized spacial score (nSPS) is 24.5. The van der Waals surface area contributed by atoms with E-state index in [0.29, 0.717) is 18.0 Å². The maximum Gasteiger partial charge on any atom is 0.331 e. The van der Waals surface area contributed by atoms with E-state index in [1.807, 2.05) is 0 Å². The molecule has 1 atom stereocenters. The van der Waals surface area contributed by atoms with Crippen LogP contribution >= 0.6 is 11.3 Å². The van der Waals surface area contributed by atoms with Gasteiger partial charge in [-0.25, -0.2) is 13.2 Å².